The lowest BCUT2D eigenvalue weighted by atomic mass is 10.2. The third-order valence-corrected chi connectivity index (χ3v) is 3.66. The maximum Gasteiger partial charge on any atom is 0.119 e. The second-order valence-electron chi connectivity index (χ2n) is 5.37. The number of rotatable bonds is 7. The summed E-state index contributed by atoms with van der Waals surface area (Å²) in [6.45, 7) is 8.72. The molecular formula is C17H25N3O. The lowest BCUT2D eigenvalue weighted by Gasteiger charge is -2.08. The van der Waals surface area contributed by atoms with Crippen LogP contribution in [-0.2, 0) is 20.1 Å². The summed E-state index contributed by atoms with van der Waals surface area (Å²) in [7, 11) is 1.99. The first kappa shape index (κ1) is 15.6. The van der Waals surface area contributed by atoms with Gasteiger partial charge < -0.3 is 10.1 Å². The van der Waals surface area contributed by atoms with Crippen molar-refractivity contribution in [2.75, 3.05) is 6.61 Å². The molecule has 2 rings (SSSR count). The largest absolute Gasteiger partial charge is 0.494 e. The number of nitrogens with one attached hydrogen (secondary N) is 1. The van der Waals surface area contributed by atoms with Crippen LogP contribution in [-0.4, -0.2) is 16.4 Å². The van der Waals surface area contributed by atoms with Crippen LogP contribution in [0.3, 0.4) is 0 Å². The SMILES string of the molecule is CCCOc1cccc(CNCc2c(C)nn(C)c2C)c1. The summed E-state index contributed by atoms with van der Waals surface area (Å²) >= 11 is 0. The Morgan fingerprint density at radius 1 is 1.24 bits per heavy atom. The van der Waals surface area contributed by atoms with Crippen LogP contribution in [0, 0.1) is 13.8 Å². The Morgan fingerprint density at radius 2 is 2.05 bits per heavy atom. The molecule has 0 aliphatic rings. The Labute approximate surface area is 127 Å². The lowest BCUT2D eigenvalue weighted by Crippen LogP contribution is -2.14. The predicted octanol–water partition coefficient (Wildman–Crippen LogP) is 3.12. The molecule has 1 N–H and O–H groups in total. The van der Waals surface area contributed by atoms with Crippen molar-refractivity contribution >= 4 is 0 Å². The standard InChI is InChI=1S/C17H25N3O/c1-5-9-21-16-8-6-7-15(10-16)11-18-12-17-13(2)19-20(4)14(17)3/h6-8,10,18H,5,9,11-12H2,1-4H3. The Kier molecular flexibility index (Phi) is 5.39. The first-order valence-corrected chi connectivity index (χ1v) is 7.53. The van der Waals surface area contributed by atoms with Gasteiger partial charge in [-0.2, -0.15) is 5.10 Å². The summed E-state index contributed by atoms with van der Waals surface area (Å²) in [5.41, 5.74) is 4.85. The Hall–Kier alpha value is -1.81. The first-order valence-electron chi connectivity index (χ1n) is 7.53. The van der Waals surface area contributed by atoms with E-state index in [2.05, 4.69) is 43.3 Å². The molecule has 0 saturated carbocycles. The average Bonchev–Trinajstić information content (AvgIpc) is 2.72. The highest BCUT2D eigenvalue weighted by Gasteiger charge is 2.08. The maximum absolute atomic E-state index is 5.66. The molecule has 0 aliphatic heterocycles. The molecule has 0 bridgehead atoms. The van der Waals surface area contributed by atoms with Gasteiger partial charge in [-0.3, -0.25) is 4.68 Å². The van der Waals surface area contributed by atoms with Crippen molar-refractivity contribution in [2.45, 2.75) is 40.3 Å². The minimum Gasteiger partial charge on any atom is -0.494 e. The van der Waals surface area contributed by atoms with Crippen molar-refractivity contribution in [3.05, 3.63) is 46.8 Å². The normalized spacial score (nSPS) is 10.9. The van der Waals surface area contributed by atoms with E-state index in [1.807, 2.05) is 23.9 Å². The summed E-state index contributed by atoms with van der Waals surface area (Å²) < 4.78 is 7.60. The van der Waals surface area contributed by atoms with E-state index < -0.39 is 0 Å². The van der Waals surface area contributed by atoms with Crippen molar-refractivity contribution < 1.29 is 4.74 Å². The molecular weight excluding hydrogens is 262 g/mol. The number of benzene rings is 1. The van der Waals surface area contributed by atoms with E-state index in [9.17, 15) is 0 Å². The van der Waals surface area contributed by atoms with E-state index >= 15 is 0 Å². The van der Waals surface area contributed by atoms with Gasteiger partial charge in [0.15, 0.2) is 0 Å². The Morgan fingerprint density at radius 3 is 2.71 bits per heavy atom. The van der Waals surface area contributed by atoms with Gasteiger partial charge in [0.25, 0.3) is 0 Å². The molecule has 21 heavy (non-hydrogen) atoms. The highest BCUT2D eigenvalue weighted by atomic mass is 16.5. The topological polar surface area (TPSA) is 39.1 Å². The summed E-state index contributed by atoms with van der Waals surface area (Å²) in [5.74, 6) is 0.949. The monoisotopic (exact) mass is 287 g/mol. The molecule has 114 valence electrons. The molecule has 0 atom stereocenters. The predicted molar refractivity (Wildman–Crippen MR) is 85.5 cm³/mol. The highest BCUT2D eigenvalue weighted by Crippen LogP contribution is 2.15. The fraction of sp³-hybridized carbons (Fsp3) is 0.471. The molecule has 4 nitrogen and oxygen atoms in total. The molecule has 1 aromatic carbocycles. The van der Waals surface area contributed by atoms with Crippen molar-refractivity contribution in [2.24, 2.45) is 7.05 Å². The van der Waals surface area contributed by atoms with Crippen LogP contribution in [0.5, 0.6) is 5.75 Å². The molecule has 0 fully saturated rings. The Bertz CT molecular complexity index is 590. The van der Waals surface area contributed by atoms with Crippen LogP contribution in [0.1, 0.15) is 35.9 Å². The first-order chi connectivity index (χ1) is 10.1. The van der Waals surface area contributed by atoms with E-state index in [-0.39, 0.29) is 0 Å². The smallest absolute Gasteiger partial charge is 0.119 e. The number of hydrogen-bond acceptors (Lipinski definition) is 3. The summed E-state index contributed by atoms with van der Waals surface area (Å²) in [5, 5.41) is 7.93. The Balaban J connectivity index is 1.91. The minimum atomic E-state index is 0.769. The number of aromatic nitrogens is 2. The van der Waals surface area contributed by atoms with Gasteiger partial charge in [0.2, 0.25) is 0 Å². The molecule has 1 heterocycles. The molecule has 0 radical (unpaired) electrons. The molecule has 0 aliphatic carbocycles. The molecule has 0 spiro atoms. The molecule has 4 heteroatoms. The molecule has 1 aromatic heterocycles. The van der Waals surface area contributed by atoms with Crippen molar-refractivity contribution in [1.29, 1.82) is 0 Å². The minimum absolute atomic E-state index is 0.769. The van der Waals surface area contributed by atoms with Gasteiger partial charge in [-0.15, -0.1) is 0 Å². The van der Waals surface area contributed by atoms with Gasteiger partial charge in [-0.25, -0.2) is 0 Å². The summed E-state index contributed by atoms with van der Waals surface area (Å²) in [6, 6.07) is 8.28. The van der Waals surface area contributed by atoms with E-state index in [1.54, 1.807) is 0 Å². The fourth-order valence-corrected chi connectivity index (χ4v) is 2.37. The van der Waals surface area contributed by atoms with Crippen LogP contribution in [0.25, 0.3) is 0 Å². The second-order valence-corrected chi connectivity index (χ2v) is 5.37. The van der Waals surface area contributed by atoms with Crippen LogP contribution in [0.15, 0.2) is 24.3 Å². The average molecular weight is 287 g/mol. The van der Waals surface area contributed by atoms with E-state index in [0.717, 1.165) is 37.6 Å². The van der Waals surface area contributed by atoms with Gasteiger partial charge in [-0.05, 0) is 38.0 Å². The summed E-state index contributed by atoms with van der Waals surface area (Å²) in [6.07, 6.45) is 1.03. The maximum atomic E-state index is 5.66. The number of aryl methyl sites for hydroxylation is 2. The molecule has 0 unspecified atom stereocenters. The third kappa shape index (κ3) is 4.08. The van der Waals surface area contributed by atoms with Crippen LogP contribution >= 0.6 is 0 Å². The second kappa shape index (κ2) is 7.27. The van der Waals surface area contributed by atoms with Crippen LogP contribution in [0.4, 0.5) is 0 Å². The number of hydrogen-bond donors (Lipinski definition) is 1. The zero-order chi connectivity index (χ0) is 15.2. The quantitative estimate of drug-likeness (QED) is 0.850. The van der Waals surface area contributed by atoms with Gasteiger partial charge in [0, 0.05) is 31.4 Å². The van der Waals surface area contributed by atoms with E-state index in [1.165, 1.54) is 16.8 Å². The van der Waals surface area contributed by atoms with Gasteiger partial charge in [0.1, 0.15) is 5.75 Å². The van der Waals surface area contributed by atoms with Gasteiger partial charge >= 0.3 is 0 Å². The van der Waals surface area contributed by atoms with E-state index in [0.29, 0.717) is 0 Å². The van der Waals surface area contributed by atoms with Crippen LogP contribution < -0.4 is 10.1 Å². The van der Waals surface area contributed by atoms with Gasteiger partial charge in [-0.1, -0.05) is 19.1 Å². The molecule has 0 amide bonds. The summed E-state index contributed by atoms with van der Waals surface area (Å²) in [4.78, 5) is 0. The molecule has 0 saturated heterocycles. The third-order valence-electron chi connectivity index (χ3n) is 3.66. The zero-order valence-electron chi connectivity index (χ0n) is 13.4. The fourth-order valence-electron chi connectivity index (χ4n) is 2.37. The zero-order valence-corrected chi connectivity index (χ0v) is 13.4. The molecule has 2 aromatic rings. The van der Waals surface area contributed by atoms with Crippen LogP contribution in [0.2, 0.25) is 0 Å². The lowest BCUT2D eigenvalue weighted by molar-refractivity contribution is 0.317. The number of nitrogens with zero attached hydrogens (tertiary/aromatic N) is 2. The van der Waals surface area contributed by atoms with E-state index in [4.69, 9.17) is 4.74 Å². The van der Waals surface area contributed by atoms with Gasteiger partial charge in [0.05, 0.1) is 12.3 Å². The van der Waals surface area contributed by atoms with Crippen molar-refractivity contribution in [1.82, 2.24) is 15.1 Å². The van der Waals surface area contributed by atoms with Crippen molar-refractivity contribution in [3.8, 4) is 5.75 Å². The van der Waals surface area contributed by atoms with Crippen molar-refractivity contribution in [3.63, 3.8) is 0 Å². The highest BCUT2D eigenvalue weighted by molar-refractivity contribution is 5.29. The number of ether oxygens (including phenoxy) is 1.